The summed E-state index contributed by atoms with van der Waals surface area (Å²) in [5.74, 6) is -49.1. The quantitative estimate of drug-likeness (QED) is 0.234. The monoisotopic (exact) mass is 482 g/mol. The molecule has 2 nitrogen and oxygen atoms in total. The van der Waals surface area contributed by atoms with Gasteiger partial charge in [-0.15, -0.1) is 0 Å². The lowest BCUT2D eigenvalue weighted by Gasteiger charge is -2.41. The first-order chi connectivity index (χ1) is 12.9. The Morgan fingerprint density at radius 1 is 0.667 bits per heavy atom. The normalized spacial score (nSPS) is 15.2. The van der Waals surface area contributed by atoms with Crippen LogP contribution in [0, 0.1) is 0 Å². The maximum atomic E-state index is 13.5. The largest absolute Gasteiger partial charge is 0.463 e. The zero-order valence-corrected chi connectivity index (χ0v) is 14.1. The van der Waals surface area contributed by atoms with E-state index in [0.29, 0.717) is 0 Å². The number of hydrogen-bond donors (Lipinski definition) is 0. The van der Waals surface area contributed by atoms with Crippen molar-refractivity contribution in [3.63, 3.8) is 0 Å². The van der Waals surface area contributed by atoms with Gasteiger partial charge in [0.15, 0.2) is 0 Å². The Kier molecular flexibility index (Phi) is 7.22. The van der Waals surface area contributed by atoms with Crippen molar-refractivity contribution in [3.05, 3.63) is 12.2 Å². The number of rotatable bonds is 9. The molecule has 0 aromatic heterocycles. The second-order valence-electron chi connectivity index (χ2n) is 5.57. The van der Waals surface area contributed by atoms with Crippen LogP contribution in [-0.2, 0) is 9.53 Å². The van der Waals surface area contributed by atoms with E-state index in [4.69, 9.17) is 0 Å². The zero-order chi connectivity index (χ0) is 24.8. The van der Waals surface area contributed by atoms with Crippen LogP contribution in [0.25, 0.3) is 0 Å². The van der Waals surface area contributed by atoms with Gasteiger partial charge in [-0.2, -0.15) is 65.9 Å². The minimum Gasteiger partial charge on any atom is -0.463 e. The molecule has 0 saturated carbocycles. The topological polar surface area (TPSA) is 26.3 Å². The van der Waals surface area contributed by atoms with E-state index in [-0.39, 0.29) is 0 Å². The Balaban J connectivity index is 6.35. The van der Waals surface area contributed by atoms with Crippen molar-refractivity contribution in [2.24, 2.45) is 0 Å². The highest BCUT2D eigenvalue weighted by Gasteiger charge is 2.93. The third-order valence-electron chi connectivity index (χ3n) is 3.39. The Hall–Kier alpha value is -1.84. The van der Waals surface area contributed by atoms with E-state index in [1.54, 1.807) is 0 Å². The lowest BCUT2D eigenvalue weighted by Crippen LogP contribution is -2.72. The second-order valence-corrected chi connectivity index (χ2v) is 5.57. The molecule has 0 radical (unpaired) electrons. The molecule has 178 valence electrons. The zero-order valence-electron chi connectivity index (χ0n) is 14.1. The molecule has 0 bridgehead atoms. The summed E-state index contributed by atoms with van der Waals surface area (Å²) in [6, 6.07) is 0. The first kappa shape index (κ1) is 28.2. The van der Waals surface area contributed by atoms with Gasteiger partial charge in [-0.3, -0.25) is 0 Å². The molecule has 0 fully saturated rings. The molecule has 0 rings (SSSR count). The summed E-state index contributed by atoms with van der Waals surface area (Å²) in [6.07, 6.45) is -10.6. The van der Waals surface area contributed by atoms with Crippen LogP contribution in [0.3, 0.4) is 0 Å². The summed E-state index contributed by atoms with van der Waals surface area (Å²) in [6.45, 7) is 2.83. The highest BCUT2D eigenvalue weighted by Crippen LogP contribution is 2.62. The molecule has 0 aromatic rings. The van der Waals surface area contributed by atoms with E-state index in [1.165, 1.54) is 0 Å². The fourth-order valence-electron chi connectivity index (χ4n) is 1.68. The van der Waals surface area contributed by atoms with Gasteiger partial charge < -0.3 is 4.74 Å². The molecule has 0 heterocycles. The second kappa shape index (κ2) is 7.69. The molecule has 0 atom stereocenters. The van der Waals surface area contributed by atoms with E-state index < -0.39 is 66.3 Å². The molecule has 0 aliphatic carbocycles. The molecular weight excluding hydrogens is 473 g/mol. The Morgan fingerprint density at radius 3 is 1.33 bits per heavy atom. The number of hydrogen-bond acceptors (Lipinski definition) is 2. The fraction of sp³-hybridized carbons (Fsp3) is 0.769. The van der Waals surface area contributed by atoms with Crippen LogP contribution < -0.4 is 0 Å². The Bertz CT molecular complexity index is 662. The molecule has 0 aliphatic rings. The van der Waals surface area contributed by atoms with Crippen molar-refractivity contribution in [1.29, 1.82) is 0 Å². The standard InChI is InChI=1S/C13H9F15O2/c1-3-30-6(29)5(2)4-7(14,15)8(16,17)9(18,19)10(20,21)11(22,23)12(24,25)13(26,27)28/h2-4H2,1H3. The van der Waals surface area contributed by atoms with Gasteiger partial charge in [0.1, 0.15) is 0 Å². The number of carbonyl (C=O) groups is 1. The van der Waals surface area contributed by atoms with Crippen LogP contribution in [0.15, 0.2) is 12.2 Å². The lowest BCUT2D eigenvalue weighted by atomic mass is 9.89. The third kappa shape index (κ3) is 4.02. The van der Waals surface area contributed by atoms with Crippen LogP contribution >= 0.6 is 0 Å². The molecule has 0 N–H and O–H groups in total. The molecule has 0 saturated heterocycles. The van der Waals surface area contributed by atoms with E-state index in [9.17, 15) is 70.7 Å². The van der Waals surface area contributed by atoms with Crippen molar-refractivity contribution >= 4 is 5.97 Å². The smallest absolute Gasteiger partial charge is 0.460 e. The van der Waals surface area contributed by atoms with E-state index in [1.807, 2.05) is 0 Å². The summed E-state index contributed by atoms with van der Waals surface area (Å²) < 4.78 is 198. The van der Waals surface area contributed by atoms with Gasteiger partial charge in [-0.25, -0.2) is 4.79 Å². The Morgan fingerprint density at radius 2 is 1.00 bits per heavy atom. The summed E-state index contributed by atoms with van der Waals surface area (Å²) in [7, 11) is 0. The number of esters is 1. The number of carbonyl (C=O) groups excluding carboxylic acids is 1. The summed E-state index contributed by atoms with van der Waals surface area (Å²) in [5, 5.41) is 0. The Labute approximate surface area is 156 Å². The summed E-state index contributed by atoms with van der Waals surface area (Å²) in [5.41, 5.74) is -1.76. The van der Waals surface area contributed by atoms with Gasteiger partial charge >= 0.3 is 47.7 Å². The molecule has 30 heavy (non-hydrogen) atoms. The minimum absolute atomic E-state index is 0.604. The average Bonchev–Trinajstić information content (AvgIpc) is 2.52. The SMILES string of the molecule is C=C(CC(F)(F)C(F)(F)C(F)(F)C(F)(F)C(F)(F)C(F)(F)C(F)(F)F)C(=O)OCC. The van der Waals surface area contributed by atoms with Gasteiger partial charge in [0.25, 0.3) is 0 Å². The maximum Gasteiger partial charge on any atom is 0.460 e. The predicted octanol–water partition coefficient (Wildman–Crippen LogP) is 5.87. The highest BCUT2D eigenvalue weighted by molar-refractivity contribution is 5.87. The summed E-state index contributed by atoms with van der Waals surface area (Å²) >= 11 is 0. The van der Waals surface area contributed by atoms with Gasteiger partial charge in [-0.05, 0) is 6.92 Å². The number of alkyl halides is 15. The first-order valence-corrected chi connectivity index (χ1v) is 7.05. The molecule has 0 aliphatic heterocycles. The molecule has 0 aromatic carbocycles. The lowest BCUT2D eigenvalue weighted by molar-refractivity contribution is -0.452. The number of halogens is 15. The van der Waals surface area contributed by atoms with Crippen LogP contribution in [0.5, 0.6) is 0 Å². The first-order valence-electron chi connectivity index (χ1n) is 7.05. The van der Waals surface area contributed by atoms with Crippen LogP contribution in [0.1, 0.15) is 13.3 Å². The van der Waals surface area contributed by atoms with Crippen molar-refractivity contribution in [2.75, 3.05) is 6.61 Å². The van der Waals surface area contributed by atoms with Crippen LogP contribution in [0.4, 0.5) is 65.9 Å². The van der Waals surface area contributed by atoms with Crippen molar-refractivity contribution in [2.45, 2.75) is 55.1 Å². The van der Waals surface area contributed by atoms with Gasteiger partial charge in [0.2, 0.25) is 0 Å². The molecule has 0 unspecified atom stereocenters. The van der Waals surface area contributed by atoms with E-state index >= 15 is 0 Å². The highest BCUT2D eigenvalue weighted by atomic mass is 19.4. The number of ether oxygens (including phenoxy) is 1. The molecule has 17 heteroatoms. The van der Waals surface area contributed by atoms with Gasteiger partial charge in [-0.1, -0.05) is 6.58 Å². The van der Waals surface area contributed by atoms with Crippen LogP contribution in [0.2, 0.25) is 0 Å². The fourth-order valence-corrected chi connectivity index (χ4v) is 1.68. The minimum atomic E-state index is -8.36. The van der Waals surface area contributed by atoms with Crippen molar-refractivity contribution in [1.82, 2.24) is 0 Å². The van der Waals surface area contributed by atoms with Crippen LogP contribution in [-0.4, -0.2) is 54.3 Å². The van der Waals surface area contributed by atoms with Gasteiger partial charge in [0.05, 0.1) is 6.61 Å². The van der Waals surface area contributed by atoms with E-state index in [0.717, 1.165) is 6.92 Å². The van der Waals surface area contributed by atoms with E-state index in [2.05, 4.69) is 11.3 Å². The maximum absolute atomic E-state index is 13.5. The third-order valence-corrected chi connectivity index (χ3v) is 3.39. The molecular formula is C13H9F15O2. The van der Waals surface area contributed by atoms with Crippen molar-refractivity contribution in [3.8, 4) is 0 Å². The predicted molar refractivity (Wildman–Crippen MR) is 66.1 cm³/mol. The molecule has 0 amide bonds. The average molecular weight is 482 g/mol. The molecule has 0 spiro atoms. The summed E-state index contributed by atoms with van der Waals surface area (Å²) in [4.78, 5) is 11.0. The van der Waals surface area contributed by atoms with Gasteiger partial charge in [0, 0.05) is 12.0 Å². The van der Waals surface area contributed by atoms with Crippen molar-refractivity contribution < 1.29 is 75.4 Å².